The second-order valence-corrected chi connectivity index (χ2v) is 4.51. The highest BCUT2D eigenvalue weighted by Crippen LogP contribution is 2.21. The Balaban J connectivity index is 2.14. The largest absolute Gasteiger partial charge is 0.348 e. The van der Waals surface area contributed by atoms with Crippen molar-refractivity contribution in [2.45, 2.75) is 51.4 Å². The van der Waals surface area contributed by atoms with Gasteiger partial charge in [0.05, 0.1) is 13.2 Å². The number of nitrogens with one attached hydrogen (secondary N) is 1. The molecule has 1 aliphatic rings. The maximum atomic E-state index is 5.56. The molecule has 94 valence electrons. The molecule has 3 nitrogen and oxygen atoms in total. The molecule has 0 aromatic carbocycles. The van der Waals surface area contributed by atoms with E-state index in [2.05, 4.69) is 18.8 Å². The van der Waals surface area contributed by atoms with E-state index in [0.29, 0.717) is 6.04 Å². The molecule has 1 atom stereocenters. The van der Waals surface area contributed by atoms with Gasteiger partial charge in [-0.3, -0.25) is 0 Å². The molecule has 0 spiro atoms. The van der Waals surface area contributed by atoms with Gasteiger partial charge in [0.2, 0.25) is 0 Å². The van der Waals surface area contributed by atoms with Crippen molar-refractivity contribution in [1.82, 2.24) is 5.32 Å². The first-order valence-electron chi connectivity index (χ1n) is 6.32. The van der Waals surface area contributed by atoms with Crippen LogP contribution < -0.4 is 5.32 Å². The predicted octanol–water partition coefficient (Wildman–Crippen LogP) is 2.47. The van der Waals surface area contributed by atoms with Crippen molar-refractivity contribution in [3.63, 3.8) is 0 Å². The lowest BCUT2D eigenvalue weighted by Gasteiger charge is -2.24. The summed E-state index contributed by atoms with van der Waals surface area (Å²) in [6.45, 7) is 10.4. The maximum Gasteiger partial charge on any atom is 0.166 e. The lowest BCUT2D eigenvalue weighted by atomic mass is 10.1. The van der Waals surface area contributed by atoms with Crippen molar-refractivity contribution in [2.24, 2.45) is 0 Å². The zero-order valence-electron chi connectivity index (χ0n) is 10.6. The molecule has 1 unspecified atom stereocenters. The Morgan fingerprint density at radius 2 is 2.12 bits per heavy atom. The van der Waals surface area contributed by atoms with Gasteiger partial charge >= 0.3 is 0 Å². The average Bonchev–Trinajstić information content (AvgIpc) is 2.70. The van der Waals surface area contributed by atoms with Crippen LogP contribution >= 0.6 is 0 Å². The molecule has 1 fully saturated rings. The number of ether oxygens (including phenoxy) is 2. The van der Waals surface area contributed by atoms with Crippen molar-refractivity contribution in [1.29, 1.82) is 0 Å². The Morgan fingerprint density at radius 3 is 2.69 bits per heavy atom. The quantitative estimate of drug-likeness (QED) is 0.646. The summed E-state index contributed by atoms with van der Waals surface area (Å²) in [5.41, 5.74) is 0. The van der Waals surface area contributed by atoms with E-state index in [1.54, 1.807) is 0 Å². The third-order valence-electron chi connectivity index (χ3n) is 3.12. The van der Waals surface area contributed by atoms with E-state index in [9.17, 15) is 0 Å². The minimum Gasteiger partial charge on any atom is -0.348 e. The number of hydrogen-bond acceptors (Lipinski definition) is 3. The Labute approximate surface area is 99.2 Å². The van der Waals surface area contributed by atoms with Gasteiger partial charge in [-0.25, -0.2) is 0 Å². The summed E-state index contributed by atoms with van der Waals surface area (Å²) >= 11 is 0. The molecule has 16 heavy (non-hydrogen) atoms. The van der Waals surface area contributed by atoms with Gasteiger partial charge in [0.15, 0.2) is 5.79 Å². The second kappa shape index (κ2) is 7.05. The first-order valence-corrected chi connectivity index (χ1v) is 6.32. The molecule has 1 heterocycles. The van der Waals surface area contributed by atoms with Crippen LogP contribution in [0.15, 0.2) is 12.7 Å². The number of hydrogen-bond donors (Lipinski definition) is 1. The van der Waals surface area contributed by atoms with Crippen LogP contribution in [-0.4, -0.2) is 31.6 Å². The minimum absolute atomic E-state index is 0.357. The summed E-state index contributed by atoms with van der Waals surface area (Å²) in [6, 6.07) is 0.586. The summed E-state index contributed by atoms with van der Waals surface area (Å²) in [7, 11) is 0. The Hall–Kier alpha value is -0.380. The normalized spacial score (nSPS) is 20.9. The van der Waals surface area contributed by atoms with E-state index in [4.69, 9.17) is 9.47 Å². The third kappa shape index (κ3) is 4.64. The van der Waals surface area contributed by atoms with Crippen LogP contribution in [0.1, 0.15) is 39.5 Å². The Morgan fingerprint density at radius 1 is 1.44 bits per heavy atom. The van der Waals surface area contributed by atoms with E-state index in [1.165, 1.54) is 6.42 Å². The van der Waals surface area contributed by atoms with E-state index < -0.39 is 0 Å². The number of allylic oxidation sites excluding steroid dienone is 1. The smallest absolute Gasteiger partial charge is 0.166 e. The second-order valence-electron chi connectivity index (χ2n) is 4.51. The zero-order chi connectivity index (χ0) is 11.9. The lowest BCUT2D eigenvalue weighted by Crippen LogP contribution is -2.35. The van der Waals surface area contributed by atoms with Crippen LogP contribution in [0.4, 0.5) is 0 Å². The number of rotatable bonds is 8. The highest BCUT2D eigenvalue weighted by Gasteiger charge is 2.30. The summed E-state index contributed by atoms with van der Waals surface area (Å²) in [5, 5.41) is 3.55. The van der Waals surface area contributed by atoms with Crippen LogP contribution in [0.3, 0.4) is 0 Å². The van der Waals surface area contributed by atoms with Crippen LogP contribution in [-0.2, 0) is 9.47 Å². The fourth-order valence-electron chi connectivity index (χ4n) is 1.97. The van der Waals surface area contributed by atoms with Gasteiger partial charge in [-0.15, -0.1) is 6.58 Å². The molecule has 1 N–H and O–H groups in total. The van der Waals surface area contributed by atoms with Crippen molar-refractivity contribution in [3.8, 4) is 0 Å². The molecule has 1 rings (SSSR count). The van der Waals surface area contributed by atoms with Crippen molar-refractivity contribution < 1.29 is 9.47 Å². The first-order chi connectivity index (χ1) is 7.70. The topological polar surface area (TPSA) is 30.5 Å². The molecule has 0 aliphatic carbocycles. The van der Waals surface area contributed by atoms with Gasteiger partial charge in [0.25, 0.3) is 0 Å². The van der Waals surface area contributed by atoms with Crippen LogP contribution in [0.2, 0.25) is 0 Å². The van der Waals surface area contributed by atoms with Gasteiger partial charge in [0.1, 0.15) is 0 Å². The standard InChI is InChI=1S/C13H25NO2/c1-4-6-7-12(5-2)14-9-8-13(3)15-10-11-16-13/h4,12,14H,1,5-11H2,2-3H3. The van der Waals surface area contributed by atoms with Crippen LogP contribution in [0, 0.1) is 0 Å². The molecular formula is C13H25NO2. The van der Waals surface area contributed by atoms with Crippen molar-refractivity contribution in [3.05, 3.63) is 12.7 Å². The minimum atomic E-state index is -0.357. The van der Waals surface area contributed by atoms with Crippen molar-refractivity contribution in [2.75, 3.05) is 19.8 Å². The van der Waals surface area contributed by atoms with Gasteiger partial charge in [-0.05, 0) is 26.2 Å². The van der Waals surface area contributed by atoms with Crippen molar-refractivity contribution >= 4 is 0 Å². The van der Waals surface area contributed by atoms with Gasteiger partial charge < -0.3 is 14.8 Å². The van der Waals surface area contributed by atoms with E-state index in [0.717, 1.165) is 39.0 Å². The van der Waals surface area contributed by atoms with Gasteiger partial charge in [-0.2, -0.15) is 0 Å². The summed E-state index contributed by atoms with van der Waals surface area (Å²) in [4.78, 5) is 0. The Kier molecular flexibility index (Phi) is 6.03. The van der Waals surface area contributed by atoms with Gasteiger partial charge in [-0.1, -0.05) is 13.0 Å². The lowest BCUT2D eigenvalue weighted by molar-refractivity contribution is -0.145. The predicted molar refractivity (Wildman–Crippen MR) is 66.4 cm³/mol. The fourth-order valence-corrected chi connectivity index (χ4v) is 1.97. The zero-order valence-corrected chi connectivity index (χ0v) is 10.6. The third-order valence-corrected chi connectivity index (χ3v) is 3.12. The maximum absolute atomic E-state index is 5.56. The molecule has 0 aromatic heterocycles. The monoisotopic (exact) mass is 227 g/mol. The fraction of sp³-hybridized carbons (Fsp3) is 0.846. The summed E-state index contributed by atoms with van der Waals surface area (Å²) < 4.78 is 11.1. The average molecular weight is 227 g/mol. The molecule has 0 aromatic rings. The molecule has 1 saturated heterocycles. The van der Waals surface area contributed by atoms with E-state index in [-0.39, 0.29) is 5.79 Å². The first kappa shape index (κ1) is 13.7. The molecule has 3 heteroatoms. The van der Waals surface area contributed by atoms with E-state index in [1.807, 2.05) is 13.0 Å². The molecule has 0 saturated carbocycles. The summed E-state index contributed by atoms with van der Waals surface area (Å²) in [5.74, 6) is -0.357. The molecule has 0 radical (unpaired) electrons. The van der Waals surface area contributed by atoms with Crippen LogP contribution in [0.25, 0.3) is 0 Å². The SMILES string of the molecule is C=CCCC(CC)NCCC1(C)OCCO1. The molecule has 1 aliphatic heterocycles. The van der Waals surface area contributed by atoms with Crippen LogP contribution in [0.5, 0.6) is 0 Å². The highest BCUT2D eigenvalue weighted by atomic mass is 16.7. The highest BCUT2D eigenvalue weighted by molar-refractivity contribution is 4.75. The molecule has 0 amide bonds. The molecule has 0 bridgehead atoms. The molecular weight excluding hydrogens is 202 g/mol. The van der Waals surface area contributed by atoms with E-state index >= 15 is 0 Å². The Bertz CT molecular complexity index is 200. The summed E-state index contributed by atoms with van der Waals surface area (Å²) in [6.07, 6.45) is 6.30. The van der Waals surface area contributed by atoms with Gasteiger partial charge in [0, 0.05) is 19.0 Å².